The Hall–Kier alpha value is -1.01. The van der Waals surface area contributed by atoms with E-state index in [9.17, 15) is 9.59 Å². The molecule has 0 bridgehead atoms. The Morgan fingerprint density at radius 2 is 2.04 bits per heavy atom. The van der Waals surface area contributed by atoms with E-state index in [1.807, 2.05) is 34.2 Å². The minimum Gasteiger partial charge on any atom is -0.342 e. The number of hydrogen-bond donors (Lipinski definition) is 0. The molecule has 4 nitrogen and oxygen atoms in total. The van der Waals surface area contributed by atoms with Crippen LogP contribution in [0.4, 0.5) is 0 Å². The van der Waals surface area contributed by atoms with Gasteiger partial charge in [0.25, 0.3) is 5.91 Å². The summed E-state index contributed by atoms with van der Waals surface area (Å²) in [5.41, 5.74) is 0. The summed E-state index contributed by atoms with van der Waals surface area (Å²) in [5, 5.41) is 1.96. The molecular weight excluding hydrogens is 328 g/mol. The average Bonchev–Trinajstić information content (AvgIpc) is 3.23. The van der Waals surface area contributed by atoms with Crippen molar-refractivity contribution in [3.05, 3.63) is 22.4 Å². The molecule has 0 N–H and O–H groups in total. The number of piperidine rings is 1. The van der Waals surface area contributed by atoms with E-state index in [4.69, 9.17) is 0 Å². The van der Waals surface area contributed by atoms with Gasteiger partial charge in [0.2, 0.25) is 5.91 Å². The Morgan fingerprint density at radius 3 is 2.70 bits per heavy atom. The van der Waals surface area contributed by atoms with Crippen molar-refractivity contribution in [1.82, 2.24) is 9.80 Å². The minimum atomic E-state index is -0.0946. The van der Waals surface area contributed by atoms with Crippen LogP contribution in [0.25, 0.3) is 0 Å². The maximum absolute atomic E-state index is 12.8. The van der Waals surface area contributed by atoms with Crippen LogP contribution in [0, 0.1) is 0 Å². The molecule has 1 aromatic rings. The number of carbonyl (C=O) groups is 2. The smallest absolute Gasteiger partial charge is 0.265 e. The summed E-state index contributed by atoms with van der Waals surface area (Å²) in [7, 11) is 0. The number of carbonyl (C=O) groups excluding carboxylic acids is 2. The van der Waals surface area contributed by atoms with Gasteiger partial charge in [0, 0.05) is 31.8 Å². The van der Waals surface area contributed by atoms with Crippen molar-refractivity contribution in [2.45, 2.75) is 43.9 Å². The third kappa shape index (κ3) is 3.43. The van der Waals surface area contributed by atoms with Gasteiger partial charge in [-0.2, -0.15) is 0 Å². The molecule has 0 atom stereocenters. The van der Waals surface area contributed by atoms with Crippen LogP contribution in [0.15, 0.2) is 17.5 Å². The SMILES string of the molecule is CCCCC(=O)N1CCC2(CC1)SCCN2C(=O)c1cccs1. The van der Waals surface area contributed by atoms with E-state index in [1.165, 1.54) is 11.3 Å². The largest absolute Gasteiger partial charge is 0.342 e. The van der Waals surface area contributed by atoms with Gasteiger partial charge in [0.15, 0.2) is 0 Å². The van der Waals surface area contributed by atoms with Gasteiger partial charge in [-0.25, -0.2) is 0 Å². The quantitative estimate of drug-likeness (QED) is 0.833. The fraction of sp³-hybridized carbons (Fsp3) is 0.647. The Labute approximate surface area is 146 Å². The van der Waals surface area contributed by atoms with Crippen molar-refractivity contribution >= 4 is 34.9 Å². The van der Waals surface area contributed by atoms with Crippen LogP contribution in [0.1, 0.15) is 48.7 Å². The molecule has 0 saturated carbocycles. The van der Waals surface area contributed by atoms with E-state index in [0.717, 1.165) is 55.9 Å². The lowest BCUT2D eigenvalue weighted by molar-refractivity contribution is -0.132. The summed E-state index contributed by atoms with van der Waals surface area (Å²) in [6, 6.07) is 3.84. The Balaban J connectivity index is 1.64. The van der Waals surface area contributed by atoms with Crippen molar-refractivity contribution in [3.8, 4) is 0 Å². The topological polar surface area (TPSA) is 40.6 Å². The number of unbranched alkanes of at least 4 members (excludes halogenated alkanes) is 1. The Kier molecular flexibility index (Phi) is 5.31. The predicted molar refractivity (Wildman–Crippen MR) is 95.9 cm³/mol. The average molecular weight is 353 g/mol. The summed E-state index contributed by atoms with van der Waals surface area (Å²) in [6.07, 6.45) is 4.48. The molecule has 0 aromatic carbocycles. The maximum Gasteiger partial charge on any atom is 0.265 e. The first-order valence-corrected chi connectivity index (χ1v) is 10.3. The van der Waals surface area contributed by atoms with Crippen molar-refractivity contribution < 1.29 is 9.59 Å². The van der Waals surface area contributed by atoms with E-state index >= 15 is 0 Å². The van der Waals surface area contributed by atoms with Crippen LogP contribution in [-0.2, 0) is 4.79 Å². The second kappa shape index (κ2) is 7.26. The normalized spacial score (nSPS) is 20.2. The minimum absolute atomic E-state index is 0.0946. The molecule has 2 amide bonds. The molecule has 6 heteroatoms. The number of hydrogen-bond acceptors (Lipinski definition) is 4. The standard InChI is InChI=1S/C17H24N2O2S2/c1-2-3-6-15(20)18-9-7-17(8-10-18)19(11-13-23-17)16(21)14-5-4-12-22-14/h4-5,12H,2-3,6-11,13H2,1H3. The zero-order chi connectivity index (χ0) is 16.3. The third-order valence-electron chi connectivity index (χ3n) is 4.80. The highest BCUT2D eigenvalue weighted by Gasteiger charge is 2.47. The molecule has 1 aromatic heterocycles. The molecule has 0 aliphatic carbocycles. The number of thioether (sulfide) groups is 1. The summed E-state index contributed by atoms with van der Waals surface area (Å²) in [4.78, 5) is 29.8. The summed E-state index contributed by atoms with van der Waals surface area (Å²) >= 11 is 3.42. The Morgan fingerprint density at radius 1 is 1.26 bits per heavy atom. The zero-order valence-corrected chi connectivity index (χ0v) is 15.3. The van der Waals surface area contributed by atoms with Crippen molar-refractivity contribution in [1.29, 1.82) is 0 Å². The van der Waals surface area contributed by atoms with Gasteiger partial charge in [0.05, 0.1) is 9.75 Å². The van der Waals surface area contributed by atoms with Gasteiger partial charge in [-0.3, -0.25) is 9.59 Å². The molecule has 3 heterocycles. The molecule has 0 radical (unpaired) electrons. The Bertz CT molecular complexity index is 551. The summed E-state index contributed by atoms with van der Waals surface area (Å²) in [5.74, 6) is 1.44. The van der Waals surface area contributed by atoms with Crippen LogP contribution in [0.5, 0.6) is 0 Å². The van der Waals surface area contributed by atoms with Crippen LogP contribution >= 0.6 is 23.1 Å². The van der Waals surface area contributed by atoms with Crippen LogP contribution < -0.4 is 0 Å². The predicted octanol–water partition coefficient (Wildman–Crippen LogP) is 3.45. The lowest BCUT2D eigenvalue weighted by atomic mass is 10.0. The van der Waals surface area contributed by atoms with Gasteiger partial charge in [-0.15, -0.1) is 23.1 Å². The monoisotopic (exact) mass is 352 g/mol. The summed E-state index contributed by atoms with van der Waals surface area (Å²) in [6.45, 7) is 4.50. The zero-order valence-electron chi connectivity index (χ0n) is 13.6. The first kappa shape index (κ1) is 16.8. The van der Waals surface area contributed by atoms with Gasteiger partial charge >= 0.3 is 0 Å². The van der Waals surface area contributed by atoms with Gasteiger partial charge in [-0.05, 0) is 30.7 Å². The van der Waals surface area contributed by atoms with E-state index in [0.29, 0.717) is 6.42 Å². The molecule has 126 valence electrons. The number of nitrogens with zero attached hydrogens (tertiary/aromatic N) is 2. The van der Waals surface area contributed by atoms with E-state index in [-0.39, 0.29) is 16.7 Å². The number of thiophene rings is 1. The number of likely N-dealkylation sites (tertiary alicyclic amines) is 1. The highest BCUT2D eigenvalue weighted by atomic mass is 32.2. The highest BCUT2D eigenvalue weighted by Crippen LogP contribution is 2.44. The second-order valence-corrected chi connectivity index (χ2v) is 8.62. The fourth-order valence-corrected chi connectivity index (χ4v) is 5.56. The molecule has 1 spiro atoms. The molecule has 0 unspecified atom stereocenters. The fourth-order valence-electron chi connectivity index (χ4n) is 3.43. The molecule has 2 aliphatic rings. The third-order valence-corrected chi connectivity index (χ3v) is 7.21. The van der Waals surface area contributed by atoms with Gasteiger partial charge in [0.1, 0.15) is 0 Å². The van der Waals surface area contributed by atoms with Gasteiger partial charge in [-0.1, -0.05) is 19.4 Å². The first-order valence-electron chi connectivity index (χ1n) is 8.43. The van der Waals surface area contributed by atoms with Gasteiger partial charge < -0.3 is 9.80 Å². The lowest BCUT2D eigenvalue weighted by Crippen LogP contribution is -2.53. The van der Waals surface area contributed by atoms with Crippen LogP contribution in [0.3, 0.4) is 0 Å². The summed E-state index contributed by atoms with van der Waals surface area (Å²) < 4.78 is 0. The molecule has 2 aliphatic heterocycles. The highest BCUT2D eigenvalue weighted by molar-refractivity contribution is 8.00. The van der Waals surface area contributed by atoms with Crippen molar-refractivity contribution in [2.75, 3.05) is 25.4 Å². The molecule has 3 rings (SSSR count). The van der Waals surface area contributed by atoms with Crippen molar-refractivity contribution in [2.24, 2.45) is 0 Å². The molecule has 23 heavy (non-hydrogen) atoms. The number of rotatable bonds is 4. The number of amides is 2. The lowest BCUT2D eigenvalue weighted by Gasteiger charge is -2.44. The second-order valence-electron chi connectivity index (χ2n) is 6.21. The van der Waals surface area contributed by atoms with Crippen LogP contribution in [-0.4, -0.2) is 51.9 Å². The first-order chi connectivity index (χ1) is 11.2. The maximum atomic E-state index is 12.8. The molecule has 2 saturated heterocycles. The van der Waals surface area contributed by atoms with E-state index in [2.05, 4.69) is 11.8 Å². The van der Waals surface area contributed by atoms with E-state index < -0.39 is 0 Å². The molecule has 2 fully saturated rings. The molecular formula is C17H24N2O2S2. The van der Waals surface area contributed by atoms with E-state index in [1.54, 1.807) is 0 Å². The van der Waals surface area contributed by atoms with Crippen molar-refractivity contribution in [3.63, 3.8) is 0 Å². The van der Waals surface area contributed by atoms with Crippen LogP contribution in [0.2, 0.25) is 0 Å².